The van der Waals surface area contributed by atoms with E-state index in [2.05, 4.69) is 42.0 Å². The van der Waals surface area contributed by atoms with E-state index >= 15 is 0 Å². The number of nitrogens with zero attached hydrogens (tertiary/aromatic N) is 4. The van der Waals surface area contributed by atoms with Crippen molar-refractivity contribution in [2.75, 3.05) is 31.1 Å². The number of aryl methyl sites for hydroxylation is 2. The quantitative estimate of drug-likeness (QED) is 0.685. The molecule has 28 heavy (non-hydrogen) atoms. The van der Waals surface area contributed by atoms with E-state index in [0.29, 0.717) is 0 Å². The number of quaternary nitrogens is 1. The first-order valence-corrected chi connectivity index (χ1v) is 9.98. The van der Waals surface area contributed by atoms with E-state index in [4.69, 9.17) is 12.2 Å². The number of piperazine rings is 1. The summed E-state index contributed by atoms with van der Waals surface area (Å²) in [4.78, 5) is 3.75. The van der Waals surface area contributed by atoms with Crippen molar-refractivity contribution in [1.82, 2.24) is 14.3 Å². The highest BCUT2D eigenvalue weighted by molar-refractivity contribution is 7.71. The van der Waals surface area contributed by atoms with Gasteiger partial charge in [0, 0.05) is 5.69 Å². The van der Waals surface area contributed by atoms with Crippen LogP contribution < -0.4 is 9.80 Å². The van der Waals surface area contributed by atoms with Crippen molar-refractivity contribution in [3.05, 3.63) is 70.5 Å². The molecule has 0 aliphatic carbocycles. The standard InChI is InChI=1S/C21H24FN5S/c1-16-3-4-17(2)20(13-16)26-14-23-27(21(26)28)15-24-9-11-25(12-10-24)19-7-5-18(22)6-8-19/h3-8,13-14H,9-12,15H2,1-2H3/p+1. The van der Waals surface area contributed by atoms with Crippen LogP contribution in [-0.2, 0) is 6.67 Å². The van der Waals surface area contributed by atoms with Crippen LogP contribution in [0.5, 0.6) is 0 Å². The van der Waals surface area contributed by atoms with Gasteiger partial charge in [-0.3, -0.25) is 4.57 Å². The predicted molar refractivity (Wildman–Crippen MR) is 111 cm³/mol. The molecule has 0 unspecified atom stereocenters. The second-order valence-corrected chi connectivity index (χ2v) is 7.81. The molecule has 7 heteroatoms. The maximum Gasteiger partial charge on any atom is 0.207 e. The summed E-state index contributed by atoms with van der Waals surface area (Å²) in [7, 11) is 0. The van der Waals surface area contributed by atoms with Crippen LogP contribution in [0, 0.1) is 24.4 Å². The Morgan fingerprint density at radius 3 is 2.50 bits per heavy atom. The Kier molecular flexibility index (Phi) is 5.28. The number of nitrogens with one attached hydrogen (secondary N) is 1. The van der Waals surface area contributed by atoms with Gasteiger partial charge in [-0.15, -0.1) is 0 Å². The van der Waals surface area contributed by atoms with Crippen LogP contribution in [0.4, 0.5) is 10.1 Å². The second kappa shape index (κ2) is 7.85. The largest absolute Gasteiger partial charge is 0.360 e. The fraction of sp³-hybridized carbons (Fsp3) is 0.333. The molecule has 0 radical (unpaired) electrons. The van der Waals surface area contributed by atoms with E-state index in [-0.39, 0.29) is 5.82 Å². The summed E-state index contributed by atoms with van der Waals surface area (Å²) in [5.41, 5.74) is 4.56. The lowest BCUT2D eigenvalue weighted by molar-refractivity contribution is -0.924. The monoisotopic (exact) mass is 398 g/mol. The van der Waals surface area contributed by atoms with E-state index < -0.39 is 0 Å². The van der Waals surface area contributed by atoms with Crippen molar-refractivity contribution in [3.8, 4) is 5.69 Å². The smallest absolute Gasteiger partial charge is 0.207 e. The van der Waals surface area contributed by atoms with E-state index in [1.54, 1.807) is 0 Å². The van der Waals surface area contributed by atoms with Crippen LogP contribution in [0.2, 0.25) is 0 Å². The first kappa shape index (κ1) is 18.8. The van der Waals surface area contributed by atoms with Gasteiger partial charge in [-0.2, -0.15) is 9.78 Å². The molecule has 5 nitrogen and oxygen atoms in total. The molecule has 3 aromatic rings. The molecule has 0 spiro atoms. The van der Waals surface area contributed by atoms with E-state index in [9.17, 15) is 4.39 Å². The topological polar surface area (TPSA) is 30.4 Å². The number of benzene rings is 2. The van der Waals surface area contributed by atoms with Crippen molar-refractivity contribution in [1.29, 1.82) is 0 Å². The minimum atomic E-state index is -0.193. The van der Waals surface area contributed by atoms with Crippen molar-refractivity contribution in [2.24, 2.45) is 0 Å². The van der Waals surface area contributed by atoms with Crippen LogP contribution in [0.15, 0.2) is 48.8 Å². The third-order valence-corrected chi connectivity index (χ3v) is 5.80. The molecule has 1 aromatic heterocycles. The lowest BCUT2D eigenvalue weighted by atomic mass is 10.1. The van der Waals surface area contributed by atoms with Gasteiger partial charge >= 0.3 is 0 Å². The molecule has 1 aliphatic heterocycles. The molecule has 0 amide bonds. The first-order chi connectivity index (χ1) is 13.5. The zero-order valence-electron chi connectivity index (χ0n) is 16.2. The van der Waals surface area contributed by atoms with Gasteiger partial charge in [0.25, 0.3) is 0 Å². The third kappa shape index (κ3) is 3.86. The van der Waals surface area contributed by atoms with Gasteiger partial charge in [0.1, 0.15) is 12.1 Å². The summed E-state index contributed by atoms with van der Waals surface area (Å²) in [6, 6.07) is 13.1. The van der Waals surface area contributed by atoms with Crippen molar-refractivity contribution in [2.45, 2.75) is 20.5 Å². The Balaban J connectivity index is 1.43. The van der Waals surface area contributed by atoms with Gasteiger partial charge in [0.15, 0.2) is 6.67 Å². The minimum absolute atomic E-state index is 0.193. The number of halogens is 1. The Bertz CT molecular complexity index is 1020. The number of anilines is 1. The summed E-state index contributed by atoms with van der Waals surface area (Å²) in [6.45, 7) is 8.80. The Morgan fingerprint density at radius 2 is 1.79 bits per heavy atom. The fourth-order valence-corrected chi connectivity index (χ4v) is 3.95. The zero-order chi connectivity index (χ0) is 19.7. The SMILES string of the molecule is Cc1ccc(C)c(-n2cnn(C[NH+]3CCN(c4ccc(F)cc4)CC3)c2=S)c1. The van der Waals surface area contributed by atoms with Crippen LogP contribution in [0.25, 0.3) is 5.69 Å². The summed E-state index contributed by atoms with van der Waals surface area (Å²) >= 11 is 5.69. The molecule has 0 atom stereocenters. The van der Waals surface area contributed by atoms with Crippen LogP contribution in [0.3, 0.4) is 0 Å². The molecule has 0 bridgehead atoms. The number of aromatic nitrogens is 3. The highest BCUT2D eigenvalue weighted by atomic mass is 32.1. The van der Waals surface area contributed by atoms with Gasteiger partial charge in [0.05, 0.1) is 31.9 Å². The zero-order valence-corrected chi connectivity index (χ0v) is 17.0. The van der Waals surface area contributed by atoms with Gasteiger partial charge < -0.3 is 9.80 Å². The maximum absolute atomic E-state index is 13.1. The second-order valence-electron chi connectivity index (χ2n) is 7.44. The summed E-state index contributed by atoms with van der Waals surface area (Å²) in [5.74, 6) is -0.193. The molecule has 1 N–H and O–H groups in total. The van der Waals surface area contributed by atoms with Crippen LogP contribution >= 0.6 is 12.2 Å². The Morgan fingerprint density at radius 1 is 1.07 bits per heavy atom. The highest BCUT2D eigenvalue weighted by Crippen LogP contribution is 2.16. The van der Waals surface area contributed by atoms with E-state index in [0.717, 1.165) is 49.0 Å². The van der Waals surface area contributed by atoms with Gasteiger partial charge in [0.2, 0.25) is 4.77 Å². The number of hydrogen-bond acceptors (Lipinski definition) is 3. The molecule has 4 rings (SSSR count). The Labute approximate surface area is 169 Å². The first-order valence-electron chi connectivity index (χ1n) is 9.57. The van der Waals surface area contributed by atoms with Gasteiger partial charge in [-0.25, -0.2) is 4.39 Å². The molecule has 2 aromatic carbocycles. The molecular formula is C21H25FN5S+. The van der Waals surface area contributed by atoms with E-state index in [1.165, 1.54) is 28.2 Å². The lowest BCUT2D eigenvalue weighted by Crippen LogP contribution is -3.14. The number of hydrogen-bond donors (Lipinski definition) is 1. The fourth-order valence-electron chi connectivity index (χ4n) is 3.69. The van der Waals surface area contributed by atoms with Gasteiger partial charge in [-0.05, 0) is 67.5 Å². The highest BCUT2D eigenvalue weighted by Gasteiger charge is 2.21. The maximum atomic E-state index is 13.1. The van der Waals surface area contributed by atoms with Crippen LogP contribution in [0.1, 0.15) is 11.1 Å². The molecule has 1 aliphatic rings. The average molecular weight is 399 g/mol. The molecule has 2 heterocycles. The molecule has 146 valence electrons. The summed E-state index contributed by atoms with van der Waals surface area (Å²) in [6.07, 6.45) is 1.82. The summed E-state index contributed by atoms with van der Waals surface area (Å²) in [5, 5.41) is 4.54. The molecule has 1 fully saturated rings. The minimum Gasteiger partial charge on any atom is -0.360 e. The lowest BCUT2D eigenvalue weighted by Gasteiger charge is -2.33. The molecular weight excluding hydrogens is 373 g/mol. The third-order valence-electron chi connectivity index (χ3n) is 5.39. The normalized spacial score (nSPS) is 15.2. The number of rotatable bonds is 4. The van der Waals surface area contributed by atoms with Gasteiger partial charge in [-0.1, -0.05) is 12.1 Å². The van der Waals surface area contributed by atoms with Crippen molar-refractivity contribution < 1.29 is 9.29 Å². The Hall–Kier alpha value is -2.51. The van der Waals surface area contributed by atoms with Crippen molar-refractivity contribution in [3.63, 3.8) is 0 Å². The molecule has 1 saturated heterocycles. The van der Waals surface area contributed by atoms with E-state index in [1.807, 2.05) is 27.7 Å². The van der Waals surface area contributed by atoms with Crippen molar-refractivity contribution >= 4 is 17.9 Å². The summed E-state index contributed by atoms with van der Waals surface area (Å²) < 4.78 is 17.8. The molecule has 0 saturated carbocycles. The van der Waals surface area contributed by atoms with Crippen LogP contribution in [-0.4, -0.2) is 40.5 Å². The average Bonchev–Trinajstić information content (AvgIpc) is 3.05. The predicted octanol–water partition coefficient (Wildman–Crippen LogP) is 2.52.